The molecule has 4 rings (SSSR count). The fourth-order valence-corrected chi connectivity index (χ4v) is 7.67. The van der Waals surface area contributed by atoms with Gasteiger partial charge in [0.2, 0.25) is 10.0 Å². The van der Waals surface area contributed by atoms with Crippen molar-refractivity contribution in [2.45, 2.75) is 57.1 Å². The third kappa shape index (κ3) is 6.15. The fourth-order valence-electron chi connectivity index (χ4n) is 6.22. The molecule has 0 amide bonds. The van der Waals surface area contributed by atoms with Crippen LogP contribution in [0, 0.1) is 0 Å². The highest BCUT2D eigenvalue weighted by atomic mass is 32.2. The van der Waals surface area contributed by atoms with Crippen molar-refractivity contribution in [1.82, 2.24) is 0 Å². The Labute approximate surface area is 303 Å². The van der Waals surface area contributed by atoms with E-state index >= 15 is 43.9 Å². The zero-order chi connectivity index (χ0) is 39.7. The van der Waals surface area contributed by atoms with Gasteiger partial charge in [0.05, 0.1) is 14.2 Å². The van der Waals surface area contributed by atoms with E-state index in [4.69, 9.17) is 9.47 Å². The molecule has 0 bridgehead atoms. The van der Waals surface area contributed by atoms with E-state index < -0.39 is 80.4 Å². The maximum atomic E-state index is 18.3. The Morgan fingerprint density at radius 2 is 0.868 bits per heavy atom. The number of hydrogen-bond acceptors (Lipinski definition) is 7. The van der Waals surface area contributed by atoms with Crippen LogP contribution in [0.4, 0.5) is 43.9 Å². The predicted molar refractivity (Wildman–Crippen MR) is 177 cm³/mol. The molecule has 0 heterocycles. The van der Waals surface area contributed by atoms with E-state index in [9.17, 15) is 0 Å². The molecule has 17 heteroatoms. The molecule has 0 aliphatic heterocycles. The second kappa shape index (κ2) is 15.0. The monoisotopic (exact) mass is 786 g/mol. The van der Waals surface area contributed by atoms with Crippen LogP contribution in [0.25, 0.3) is 12.2 Å². The van der Waals surface area contributed by atoms with Gasteiger partial charge in [-0.2, -0.15) is 17.6 Å². The Kier molecular flexibility index (Phi) is 11.9. The van der Waals surface area contributed by atoms with E-state index in [2.05, 4.69) is 18.9 Å². The zero-order valence-corrected chi connectivity index (χ0v) is 29.8. The SMILES string of the molecule is COC1=CC(OC)C(F)(F)C(F)(OC)C1(F)C(F)(/C=C\c1ccccc1)SC(F)(/C=C\c1ccccc1)C1(F)C(OC)=CC(OC)C(F)(F)C1(F)OC. The first kappa shape index (κ1) is 42.2. The first-order valence-electron chi connectivity index (χ1n) is 15.5. The van der Waals surface area contributed by atoms with E-state index in [0.29, 0.717) is 40.6 Å². The lowest BCUT2D eigenvalue weighted by atomic mass is 9.76. The summed E-state index contributed by atoms with van der Waals surface area (Å²) in [5.74, 6) is -24.0. The van der Waals surface area contributed by atoms with Crippen molar-refractivity contribution in [1.29, 1.82) is 0 Å². The summed E-state index contributed by atoms with van der Waals surface area (Å²) in [6, 6.07) is 13.7. The molecule has 2 aromatic rings. The summed E-state index contributed by atoms with van der Waals surface area (Å²) in [4.78, 5) is 0. The van der Waals surface area contributed by atoms with E-state index in [-0.39, 0.29) is 49.7 Å². The van der Waals surface area contributed by atoms with Crippen LogP contribution in [-0.4, -0.2) is 99.8 Å². The predicted octanol–water partition coefficient (Wildman–Crippen LogP) is 8.91. The smallest absolute Gasteiger partial charge is 0.338 e. The summed E-state index contributed by atoms with van der Waals surface area (Å²) in [6.45, 7) is 0. The summed E-state index contributed by atoms with van der Waals surface area (Å²) in [7, 11) is 3.02. The first-order valence-corrected chi connectivity index (χ1v) is 16.3. The first-order chi connectivity index (χ1) is 24.7. The van der Waals surface area contributed by atoms with Gasteiger partial charge in [-0.15, -0.1) is 0 Å². The molecular formula is C36H36F10O6S. The van der Waals surface area contributed by atoms with E-state index in [0.717, 1.165) is 0 Å². The van der Waals surface area contributed by atoms with Crippen LogP contribution in [0.15, 0.2) is 96.5 Å². The molecule has 0 radical (unpaired) electrons. The Hall–Kier alpha value is -3.51. The number of halogens is 10. The summed E-state index contributed by atoms with van der Waals surface area (Å²) < 4.78 is 198. The number of methoxy groups -OCH3 is 6. The van der Waals surface area contributed by atoms with Gasteiger partial charge in [0.15, 0.2) is 0 Å². The van der Waals surface area contributed by atoms with E-state index in [1.54, 1.807) is 0 Å². The standard InChI is InChI=1S/C36H36F10O6S/c1-47-25-21-27(49-3)33(41,42)35(45,51-5)31(25,39)29(37,19-17-23-13-9-7-10-14-23)53-30(38,20-18-24-15-11-8-12-16-24)32(40)26(48-2)22-28(50-4)34(43,44)36(32,46)52-6/h7-22,27-28H,1-6H3/b19-17-,20-18-. The highest BCUT2D eigenvalue weighted by Crippen LogP contribution is 2.68. The van der Waals surface area contributed by atoms with E-state index in [1.165, 1.54) is 60.7 Å². The molecule has 0 fully saturated rings. The number of thioether (sulfide) groups is 1. The number of rotatable bonds is 14. The zero-order valence-electron chi connectivity index (χ0n) is 29.0. The van der Waals surface area contributed by atoms with Crippen LogP contribution in [-0.2, 0) is 28.4 Å². The van der Waals surface area contributed by atoms with Crippen molar-refractivity contribution >= 4 is 23.9 Å². The van der Waals surface area contributed by atoms with Crippen LogP contribution in [0.1, 0.15) is 11.1 Å². The Morgan fingerprint density at radius 1 is 0.547 bits per heavy atom. The summed E-state index contributed by atoms with van der Waals surface area (Å²) in [5, 5.41) is -9.54. The lowest BCUT2D eigenvalue weighted by Crippen LogP contribution is -2.76. The van der Waals surface area contributed by atoms with Gasteiger partial charge in [-0.3, -0.25) is 0 Å². The van der Waals surface area contributed by atoms with Crippen LogP contribution < -0.4 is 0 Å². The molecule has 2 aliphatic carbocycles. The molecule has 292 valence electrons. The van der Waals surface area contributed by atoms with Gasteiger partial charge in [0.1, 0.15) is 23.7 Å². The number of benzene rings is 2. The molecular weight excluding hydrogens is 750 g/mol. The Balaban J connectivity index is 2.19. The van der Waals surface area contributed by atoms with Crippen LogP contribution in [0.3, 0.4) is 0 Å². The van der Waals surface area contributed by atoms with Crippen molar-refractivity contribution < 1.29 is 72.3 Å². The van der Waals surface area contributed by atoms with Gasteiger partial charge < -0.3 is 28.4 Å². The van der Waals surface area contributed by atoms with Gasteiger partial charge in [-0.05, 0) is 35.4 Å². The van der Waals surface area contributed by atoms with Crippen molar-refractivity contribution in [3.05, 3.63) is 108 Å². The van der Waals surface area contributed by atoms with Crippen LogP contribution in [0.5, 0.6) is 0 Å². The van der Waals surface area contributed by atoms with Gasteiger partial charge in [0.25, 0.3) is 11.3 Å². The maximum absolute atomic E-state index is 18.3. The summed E-state index contributed by atoms with van der Waals surface area (Å²) >= 11 is -1.35. The molecule has 0 spiro atoms. The summed E-state index contributed by atoms with van der Waals surface area (Å²) in [6.07, 6.45) is -3.73. The van der Waals surface area contributed by atoms with Gasteiger partial charge in [0, 0.05) is 28.4 Å². The van der Waals surface area contributed by atoms with Crippen molar-refractivity contribution in [2.75, 3.05) is 42.7 Å². The number of ether oxygens (including phenoxy) is 6. The minimum absolute atomic E-state index is 0.0201. The quantitative estimate of drug-likeness (QED) is 0.178. The molecule has 0 saturated heterocycles. The largest absolute Gasteiger partial charge is 0.497 e. The third-order valence-electron chi connectivity index (χ3n) is 9.07. The highest BCUT2D eigenvalue weighted by molar-refractivity contribution is 8.02. The van der Waals surface area contributed by atoms with E-state index in [1.807, 2.05) is 0 Å². The minimum atomic E-state index is -5.21. The Morgan fingerprint density at radius 3 is 1.13 bits per heavy atom. The third-order valence-corrected chi connectivity index (χ3v) is 10.5. The molecule has 0 aromatic heterocycles. The average molecular weight is 787 g/mol. The number of alkyl halides is 10. The van der Waals surface area contributed by atoms with Gasteiger partial charge in [-0.1, -0.05) is 84.6 Å². The van der Waals surface area contributed by atoms with Crippen molar-refractivity contribution in [2.24, 2.45) is 0 Å². The number of hydrogen-bond donors (Lipinski definition) is 0. The van der Waals surface area contributed by atoms with Crippen LogP contribution >= 0.6 is 11.8 Å². The van der Waals surface area contributed by atoms with Gasteiger partial charge in [-0.25, -0.2) is 26.3 Å². The molecule has 0 saturated carbocycles. The lowest BCUT2D eigenvalue weighted by molar-refractivity contribution is -0.358. The molecule has 8 atom stereocenters. The second-order valence-electron chi connectivity index (χ2n) is 11.8. The molecule has 53 heavy (non-hydrogen) atoms. The lowest BCUT2D eigenvalue weighted by Gasteiger charge is -2.55. The molecule has 2 aromatic carbocycles. The van der Waals surface area contributed by atoms with Crippen molar-refractivity contribution in [3.63, 3.8) is 0 Å². The Bertz CT molecular complexity index is 1590. The second-order valence-corrected chi connectivity index (χ2v) is 13.2. The average Bonchev–Trinajstić information content (AvgIpc) is 3.15. The van der Waals surface area contributed by atoms with Crippen LogP contribution in [0.2, 0.25) is 0 Å². The fraction of sp³-hybridized carbons (Fsp3) is 0.444. The molecule has 8 unspecified atom stereocenters. The highest BCUT2D eigenvalue weighted by Gasteiger charge is 2.87. The topological polar surface area (TPSA) is 55.4 Å². The molecule has 0 N–H and O–H groups in total. The minimum Gasteiger partial charge on any atom is -0.497 e. The van der Waals surface area contributed by atoms with Crippen molar-refractivity contribution in [3.8, 4) is 0 Å². The molecule has 2 aliphatic rings. The normalized spacial score (nSPS) is 33.5. The summed E-state index contributed by atoms with van der Waals surface area (Å²) in [5.41, 5.74) is -10.2. The van der Waals surface area contributed by atoms with Gasteiger partial charge >= 0.3 is 23.6 Å². The maximum Gasteiger partial charge on any atom is 0.338 e. The molecule has 6 nitrogen and oxygen atoms in total.